The van der Waals surface area contributed by atoms with Gasteiger partial charge in [0.05, 0.1) is 17.7 Å². The van der Waals surface area contributed by atoms with Crippen molar-refractivity contribution in [3.8, 4) is 0 Å². The summed E-state index contributed by atoms with van der Waals surface area (Å²) in [7, 11) is 0. The average molecular weight is 603 g/mol. The van der Waals surface area contributed by atoms with Crippen molar-refractivity contribution < 1.29 is 23.5 Å². The largest absolute Gasteiger partial charge is 0.390 e. The van der Waals surface area contributed by atoms with Gasteiger partial charge in [-0.05, 0) is 85.3 Å². The highest BCUT2D eigenvalue weighted by Crippen LogP contribution is 2.17. The minimum Gasteiger partial charge on any atom is -0.390 e. The Bertz CT molecular complexity index is 1570. The molecule has 0 aliphatic rings. The number of nitrogens with one attached hydrogen (secondary N) is 2. The standard InChI is InChI=1S/C35H40F2N4O3/c1-4-10-41(11-5-2)35(44)28-13-23(3)12-27(18-28)34(43)40-32(17-24-15-29(36)19-30(37)16-24)33(42)22-38-20-25-14-26-8-6-7-9-31(26)39-21-25/h6-9,12-16,18-19,21,32-33,38,42H,4-5,10-11,17,20,22H2,1-3H3,(H,40,43)/t32-,33+/m0/s1. The number of amides is 2. The van der Waals surface area contributed by atoms with Crippen molar-refractivity contribution in [2.45, 2.75) is 58.7 Å². The lowest BCUT2D eigenvalue weighted by atomic mass is 9.99. The fourth-order valence-electron chi connectivity index (χ4n) is 5.31. The molecule has 0 unspecified atom stereocenters. The van der Waals surface area contributed by atoms with Gasteiger partial charge in [0.25, 0.3) is 11.8 Å². The highest BCUT2D eigenvalue weighted by Gasteiger charge is 2.24. The third kappa shape index (κ3) is 8.90. The summed E-state index contributed by atoms with van der Waals surface area (Å²) < 4.78 is 28.0. The molecule has 0 spiro atoms. The molecular formula is C35H40F2N4O3. The second kappa shape index (κ2) is 15.5. The fraction of sp³-hybridized carbons (Fsp3) is 0.343. The second-order valence-corrected chi connectivity index (χ2v) is 11.2. The molecule has 0 saturated carbocycles. The maximum Gasteiger partial charge on any atom is 0.253 e. The van der Waals surface area contributed by atoms with Crippen molar-refractivity contribution in [3.05, 3.63) is 112 Å². The van der Waals surface area contributed by atoms with E-state index in [0.29, 0.717) is 30.8 Å². The lowest BCUT2D eigenvalue weighted by Gasteiger charge is -2.25. The Morgan fingerprint density at radius 3 is 2.30 bits per heavy atom. The maximum atomic E-state index is 14.0. The molecular weight excluding hydrogens is 562 g/mol. The number of aliphatic hydroxyl groups excluding tert-OH is 1. The summed E-state index contributed by atoms with van der Waals surface area (Å²) in [5, 5.41) is 18.2. The van der Waals surface area contributed by atoms with Gasteiger partial charge in [0.1, 0.15) is 11.6 Å². The van der Waals surface area contributed by atoms with Gasteiger partial charge >= 0.3 is 0 Å². The predicted octanol–water partition coefficient (Wildman–Crippen LogP) is 5.58. The van der Waals surface area contributed by atoms with Gasteiger partial charge in [-0.25, -0.2) is 8.78 Å². The van der Waals surface area contributed by atoms with Crippen LogP contribution in [-0.2, 0) is 13.0 Å². The lowest BCUT2D eigenvalue weighted by Crippen LogP contribution is -2.48. The molecule has 9 heteroatoms. The van der Waals surface area contributed by atoms with E-state index in [4.69, 9.17) is 0 Å². The van der Waals surface area contributed by atoms with Crippen molar-refractivity contribution in [2.75, 3.05) is 19.6 Å². The van der Waals surface area contributed by atoms with Crippen molar-refractivity contribution in [3.63, 3.8) is 0 Å². The van der Waals surface area contributed by atoms with Gasteiger partial charge in [-0.3, -0.25) is 14.6 Å². The molecule has 2 amide bonds. The summed E-state index contributed by atoms with van der Waals surface area (Å²) in [5.74, 6) is -2.13. The predicted molar refractivity (Wildman–Crippen MR) is 168 cm³/mol. The number of fused-ring (bicyclic) bond motifs is 1. The van der Waals surface area contributed by atoms with E-state index in [9.17, 15) is 23.5 Å². The van der Waals surface area contributed by atoms with E-state index in [1.807, 2.05) is 51.1 Å². The van der Waals surface area contributed by atoms with Crippen molar-refractivity contribution in [2.24, 2.45) is 0 Å². The minimum absolute atomic E-state index is 0.0147. The number of pyridine rings is 1. The molecule has 1 heterocycles. The zero-order valence-electron chi connectivity index (χ0n) is 25.4. The van der Waals surface area contributed by atoms with Crippen LogP contribution in [0.4, 0.5) is 8.78 Å². The number of aryl methyl sites for hydroxylation is 1. The zero-order chi connectivity index (χ0) is 31.6. The first-order chi connectivity index (χ1) is 21.2. The molecule has 3 aromatic carbocycles. The molecule has 4 rings (SSSR count). The molecule has 232 valence electrons. The van der Waals surface area contributed by atoms with Crippen molar-refractivity contribution >= 4 is 22.7 Å². The summed E-state index contributed by atoms with van der Waals surface area (Å²) in [6, 6.07) is 17.0. The van der Waals surface area contributed by atoms with Crippen LogP contribution in [0.1, 0.15) is 64.1 Å². The van der Waals surface area contributed by atoms with E-state index < -0.39 is 29.7 Å². The van der Waals surface area contributed by atoms with Gasteiger partial charge < -0.3 is 20.6 Å². The number of aromatic nitrogens is 1. The Morgan fingerprint density at radius 1 is 0.909 bits per heavy atom. The topological polar surface area (TPSA) is 94.6 Å². The van der Waals surface area contributed by atoms with Crippen LogP contribution in [0.25, 0.3) is 10.9 Å². The van der Waals surface area contributed by atoms with Gasteiger partial charge in [-0.1, -0.05) is 32.0 Å². The summed E-state index contributed by atoms with van der Waals surface area (Å²) in [6.07, 6.45) is 2.27. The number of nitrogens with zero attached hydrogens (tertiary/aromatic N) is 2. The van der Waals surface area contributed by atoms with E-state index in [1.165, 1.54) is 12.1 Å². The summed E-state index contributed by atoms with van der Waals surface area (Å²) in [5.41, 5.74) is 3.50. The number of para-hydroxylation sites is 1. The van der Waals surface area contributed by atoms with Gasteiger partial charge in [-0.15, -0.1) is 0 Å². The quantitative estimate of drug-likeness (QED) is 0.175. The number of rotatable bonds is 14. The molecule has 1 aromatic heterocycles. The SMILES string of the molecule is CCCN(CCC)C(=O)c1cc(C)cc(C(=O)N[C@@H](Cc2cc(F)cc(F)c2)[C@H](O)CNCc2cnc3ccccc3c2)c1. The maximum absolute atomic E-state index is 14.0. The van der Waals surface area contributed by atoms with Gasteiger partial charge in [0, 0.05) is 55.0 Å². The number of carbonyl (C=O) groups excluding carboxylic acids is 2. The van der Waals surface area contributed by atoms with Crippen molar-refractivity contribution in [1.82, 2.24) is 20.5 Å². The number of aliphatic hydroxyl groups is 1. The second-order valence-electron chi connectivity index (χ2n) is 11.2. The van der Waals surface area contributed by atoms with E-state index in [0.717, 1.165) is 40.9 Å². The Hall–Kier alpha value is -4.21. The summed E-state index contributed by atoms with van der Waals surface area (Å²) in [6.45, 7) is 7.56. The average Bonchev–Trinajstić information content (AvgIpc) is 2.99. The number of benzene rings is 3. The molecule has 3 N–H and O–H groups in total. The Labute approximate surface area is 257 Å². The van der Waals surface area contributed by atoms with Gasteiger partial charge in [-0.2, -0.15) is 0 Å². The third-order valence-electron chi connectivity index (χ3n) is 7.35. The normalized spacial score (nSPS) is 12.6. The van der Waals surface area contributed by atoms with Crippen LogP contribution in [-0.4, -0.2) is 58.6 Å². The smallest absolute Gasteiger partial charge is 0.253 e. The van der Waals surface area contributed by atoms with Crippen LogP contribution < -0.4 is 10.6 Å². The number of halogens is 2. The molecule has 44 heavy (non-hydrogen) atoms. The van der Waals surface area contributed by atoms with E-state index >= 15 is 0 Å². The molecule has 0 radical (unpaired) electrons. The van der Waals surface area contributed by atoms with Gasteiger partial charge in [0.15, 0.2) is 0 Å². The molecule has 4 aromatic rings. The first kappa shape index (κ1) is 32.7. The Kier molecular flexibility index (Phi) is 11.5. The highest BCUT2D eigenvalue weighted by molar-refractivity contribution is 6.00. The molecule has 0 saturated heterocycles. The van der Waals surface area contributed by atoms with Crippen LogP contribution in [0.5, 0.6) is 0 Å². The zero-order valence-corrected chi connectivity index (χ0v) is 25.4. The van der Waals surface area contributed by atoms with Gasteiger partial charge in [0.2, 0.25) is 0 Å². The number of hydrogen-bond donors (Lipinski definition) is 3. The minimum atomic E-state index is -1.10. The molecule has 0 aliphatic carbocycles. The summed E-state index contributed by atoms with van der Waals surface area (Å²) >= 11 is 0. The lowest BCUT2D eigenvalue weighted by molar-refractivity contribution is 0.0755. The number of hydrogen-bond acceptors (Lipinski definition) is 5. The highest BCUT2D eigenvalue weighted by atomic mass is 19.1. The monoisotopic (exact) mass is 602 g/mol. The van der Waals surface area contributed by atoms with Crippen LogP contribution in [0, 0.1) is 18.6 Å². The Balaban J connectivity index is 1.51. The molecule has 0 aliphatic heterocycles. The van der Waals surface area contributed by atoms with Crippen LogP contribution in [0.3, 0.4) is 0 Å². The van der Waals surface area contributed by atoms with E-state index in [-0.39, 0.29) is 24.4 Å². The molecule has 0 fully saturated rings. The molecule has 7 nitrogen and oxygen atoms in total. The fourth-order valence-corrected chi connectivity index (χ4v) is 5.31. The van der Waals surface area contributed by atoms with E-state index in [1.54, 1.807) is 29.3 Å². The number of carbonyl (C=O) groups is 2. The van der Waals surface area contributed by atoms with Crippen LogP contribution in [0.15, 0.2) is 72.9 Å². The van der Waals surface area contributed by atoms with Crippen LogP contribution in [0.2, 0.25) is 0 Å². The van der Waals surface area contributed by atoms with Crippen LogP contribution >= 0.6 is 0 Å². The Morgan fingerprint density at radius 2 is 1.59 bits per heavy atom. The molecule has 2 atom stereocenters. The first-order valence-corrected chi connectivity index (χ1v) is 15.1. The summed E-state index contributed by atoms with van der Waals surface area (Å²) in [4.78, 5) is 33.0. The van der Waals surface area contributed by atoms with E-state index in [2.05, 4.69) is 15.6 Å². The first-order valence-electron chi connectivity index (χ1n) is 15.1. The third-order valence-corrected chi connectivity index (χ3v) is 7.35. The van der Waals surface area contributed by atoms with Crippen molar-refractivity contribution in [1.29, 1.82) is 0 Å². The molecule has 0 bridgehead atoms.